The Bertz CT molecular complexity index is 1150. The molecule has 0 aliphatic rings. The van der Waals surface area contributed by atoms with E-state index in [2.05, 4.69) is 28.2 Å². The zero-order valence-corrected chi connectivity index (χ0v) is 14.4. The summed E-state index contributed by atoms with van der Waals surface area (Å²) in [5.41, 5.74) is 5.21. The van der Waals surface area contributed by atoms with Crippen molar-refractivity contribution in [1.29, 1.82) is 5.26 Å². The minimum Gasteiger partial charge on any atom is -0.220 e. The molecule has 0 atom stereocenters. The summed E-state index contributed by atoms with van der Waals surface area (Å²) in [7, 11) is 0. The first-order valence-corrected chi connectivity index (χ1v) is 8.42. The molecule has 4 heteroatoms. The summed E-state index contributed by atoms with van der Waals surface area (Å²) >= 11 is 0. The smallest absolute Gasteiger partial charge is 0.113 e. The van der Waals surface area contributed by atoms with Crippen molar-refractivity contribution in [3.8, 4) is 34.9 Å². The van der Waals surface area contributed by atoms with E-state index in [0.29, 0.717) is 5.56 Å². The largest absolute Gasteiger partial charge is 0.220 e. The Balaban J connectivity index is 1.52. The van der Waals surface area contributed by atoms with Crippen LogP contribution in [0.3, 0.4) is 0 Å². The maximum Gasteiger partial charge on any atom is 0.113 e. The van der Waals surface area contributed by atoms with Crippen molar-refractivity contribution >= 4 is 0 Å². The standard InChI is InChI=1S/C23H14N4/c24-16-20-10-8-18(9-11-20)6-7-19-12-14-22(15-13-19)27-17-23(25-26-27)21-4-2-1-3-5-21/h1-5,8-15,17H. The molecule has 0 N–H and O–H groups in total. The fraction of sp³-hybridized carbons (Fsp3) is 0. The van der Waals surface area contributed by atoms with Gasteiger partial charge in [-0.3, -0.25) is 0 Å². The van der Waals surface area contributed by atoms with Gasteiger partial charge in [0.05, 0.1) is 23.5 Å². The summed E-state index contributed by atoms with van der Waals surface area (Å²) in [5.74, 6) is 6.23. The van der Waals surface area contributed by atoms with Crippen LogP contribution in [-0.4, -0.2) is 15.0 Å². The Labute approximate surface area is 157 Å². The average molecular weight is 346 g/mol. The zero-order valence-electron chi connectivity index (χ0n) is 14.4. The third kappa shape index (κ3) is 3.76. The number of benzene rings is 3. The summed E-state index contributed by atoms with van der Waals surface area (Å²) < 4.78 is 1.75. The lowest BCUT2D eigenvalue weighted by molar-refractivity contribution is 0.804. The Hall–Kier alpha value is -4.15. The van der Waals surface area contributed by atoms with Gasteiger partial charge in [0.25, 0.3) is 0 Å². The topological polar surface area (TPSA) is 54.5 Å². The van der Waals surface area contributed by atoms with Crippen LogP contribution in [0.25, 0.3) is 16.9 Å². The van der Waals surface area contributed by atoms with Crippen LogP contribution in [0.5, 0.6) is 0 Å². The first kappa shape index (κ1) is 16.3. The molecule has 0 bridgehead atoms. The molecular weight excluding hydrogens is 332 g/mol. The summed E-state index contributed by atoms with van der Waals surface area (Å²) in [5, 5.41) is 17.3. The maximum absolute atomic E-state index is 8.83. The summed E-state index contributed by atoms with van der Waals surface area (Å²) in [4.78, 5) is 0. The van der Waals surface area contributed by atoms with Crippen molar-refractivity contribution < 1.29 is 0 Å². The number of hydrogen-bond acceptors (Lipinski definition) is 3. The first-order valence-electron chi connectivity index (χ1n) is 8.42. The Morgan fingerprint density at radius 2 is 1.30 bits per heavy atom. The van der Waals surface area contributed by atoms with Gasteiger partial charge in [-0.05, 0) is 48.5 Å². The van der Waals surface area contributed by atoms with E-state index >= 15 is 0 Å². The van der Waals surface area contributed by atoms with Crippen LogP contribution >= 0.6 is 0 Å². The predicted molar refractivity (Wildman–Crippen MR) is 104 cm³/mol. The minimum atomic E-state index is 0.632. The number of nitriles is 1. The van der Waals surface area contributed by atoms with E-state index in [0.717, 1.165) is 28.1 Å². The van der Waals surface area contributed by atoms with E-state index in [1.807, 2.05) is 72.9 Å². The van der Waals surface area contributed by atoms with Crippen molar-refractivity contribution in [3.63, 3.8) is 0 Å². The van der Waals surface area contributed by atoms with E-state index in [1.54, 1.807) is 16.8 Å². The molecule has 4 aromatic rings. The third-order valence-corrected chi connectivity index (χ3v) is 4.06. The van der Waals surface area contributed by atoms with Gasteiger partial charge in [0, 0.05) is 16.7 Å². The second kappa shape index (κ2) is 7.39. The second-order valence-corrected chi connectivity index (χ2v) is 5.90. The van der Waals surface area contributed by atoms with Gasteiger partial charge >= 0.3 is 0 Å². The lowest BCUT2D eigenvalue weighted by Crippen LogP contribution is -1.94. The first-order chi connectivity index (χ1) is 13.3. The molecule has 0 radical (unpaired) electrons. The normalized spacial score (nSPS) is 9.89. The number of nitrogens with zero attached hydrogens (tertiary/aromatic N) is 4. The van der Waals surface area contributed by atoms with Gasteiger partial charge in [0.2, 0.25) is 0 Å². The molecule has 0 fully saturated rings. The van der Waals surface area contributed by atoms with Gasteiger partial charge in [-0.2, -0.15) is 5.26 Å². The number of rotatable bonds is 2. The lowest BCUT2D eigenvalue weighted by Gasteiger charge is -1.99. The van der Waals surface area contributed by atoms with E-state index in [-0.39, 0.29) is 0 Å². The van der Waals surface area contributed by atoms with Gasteiger partial charge in [-0.15, -0.1) is 5.10 Å². The van der Waals surface area contributed by atoms with Crippen molar-refractivity contribution in [2.75, 3.05) is 0 Å². The van der Waals surface area contributed by atoms with E-state index < -0.39 is 0 Å². The van der Waals surface area contributed by atoms with Gasteiger partial charge < -0.3 is 0 Å². The van der Waals surface area contributed by atoms with Crippen molar-refractivity contribution in [3.05, 3.63) is 102 Å². The average Bonchev–Trinajstić information content (AvgIpc) is 3.24. The maximum atomic E-state index is 8.83. The fourth-order valence-corrected chi connectivity index (χ4v) is 2.60. The highest BCUT2D eigenvalue weighted by Gasteiger charge is 2.04. The summed E-state index contributed by atoms with van der Waals surface area (Å²) in [6, 6.07) is 27.1. The SMILES string of the molecule is N#Cc1ccc(C#Cc2ccc(-n3cc(-c4ccccc4)nn3)cc2)cc1. The molecule has 1 heterocycles. The predicted octanol–water partition coefficient (Wildman–Crippen LogP) is 4.21. The molecule has 4 rings (SSSR count). The van der Waals surface area contributed by atoms with E-state index in [1.165, 1.54) is 0 Å². The van der Waals surface area contributed by atoms with Gasteiger partial charge in [0.1, 0.15) is 5.69 Å². The molecule has 3 aromatic carbocycles. The van der Waals surface area contributed by atoms with E-state index in [9.17, 15) is 0 Å². The molecule has 4 nitrogen and oxygen atoms in total. The summed E-state index contributed by atoms with van der Waals surface area (Å²) in [6.45, 7) is 0. The van der Waals surface area contributed by atoms with Crippen LogP contribution < -0.4 is 0 Å². The van der Waals surface area contributed by atoms with Gasteiger partial charge in [-0.25, -0.2) is 4.68 Å². The molecule has 0 saturated carbocycles. The van der Waals surface area contributed by atoms with Crippen LogP contribution in [0.4, 0.5) is 0 Å². The Morgan fingerprint density at radius 3 is 1.93 bits per heavy atom. The molecule has 0 unspecified atom stereocenters. The third-order valence-electron chi connectivity index (χ3n) is 4.06. The highest BCUT2D eigenvalue weighted by Crippen LogP contribution is 2.17. The van der Waals surface area contributed by atoms with Crippen LogP contribution in [0.2, 0.25) is 0 Å². The second-order valence-electron chi connectivity index (χ2n) is 5.90. The van der Waals surface area contributed by atoms with Crippen LogP contribution in [0.1, 0.15) is 16.7 Å². The number of aromatic nitrogens is 3. The van der Waals surface area contributed by atoms with Crippen molar-refractivity contribution in [2.45, 2.75) is 0 Å². The molecule has 0 spiro atoms. The van der Waals surface area contributed by atoms with Crippen molar-refractivity contribution in [2.24, 2.45) is 0 Å². The van der Waals surface area contributed by atoms with Gasteiger partial charge in [0.15, 0.2) is 0 Å². The Morgan fingerprint density at radius 1 is 0.704 bits per heavy atom. The molecule has 0 aliphatic carbocycles. The molecule has 27 heavy (non-hydrogen) atoms. The number of hydrogen-bond donors (Lipinski definition) is 0. The highest BCUT2D eigenvalue weighted by atomic mass is 15.4. The lowest BCUT2D eigenvalue weighted by atomic mass is 10.1. The van der Waals surface area contributed by atoms with Gasteiger partial charge in [-0.1, -0.05) is 47.4 Å². The molecule has 1 aromatic heterocycles. The van der Waals surface area contributed by atoms with Crippen LogP contribution in [0.15, 0.2) is 85.1 Å². The molecule has 0 aliphatic heterocycles. The molecular formula is C23H14N4. The molecule has 126 valence electrons. The molecule has 0 saturated heterocycles. The van der Waals surface area contributed by atoms with Crippen LogP contribution in [-0.2, 0) is 0 Å². The quantitative estimate of drug-likeness (QED) is 0.511. The Kier molecular flexibility index (Phi) is 4.47. The minimum absolute atomic E-state index is 0.632. The van der Waals surface area contributed by atoms with E-state index in [4.69, 9.17) is 5.26 Å². The van der Waals surface area contributed by atoms with Crippen molar-refractivity contribution in [1.82, 2.24) is 15.0 Å². The fourth-order valence-electron chi connectivity index (χ4n) is 2.60. The van der Waals surface area contributed by atoms with Crippen LogP contribution in [0, 0.1) is 23.2 Å². The molecule has 0 amide bonds. The zero-order chi connectivity index (χ0) is 18.5. The highest BCUT2D eigenvalue weighted by molar-refractivity contribution is 5.58. The summed E-state index contributed by atoms with van der Waals surface area (Å²) in [6.07, 6.45) is 1.91. The monoisotopic (exact) mass is 346 g/mol.